The van der Waals surface area contributed by atoms with E-state index in [2.05, 4.69) is 9.97 Å². The van der Waals surface area contributed by atoms with Gasteiger partial charge < -0.3 is 5.73 Å². The minimum atomic E-state index is 0.0160. The van der Waals surface area contributed by atoms with Crippen LogP contribution in [0, 0.1) is 0 Å². The molecule has 2 rings (SSSR count). The highest BCUT2D eigenvalue weighted by atomic mass is 32.2. The minimum absolute atomic E-state index is 0.0160. The van der Waals surface area contributed by atoms with E-state index >= 15 is 0 Å². The van der Waals surface area contributed by atoms with Crippen molar-refractivity contribution in [1.29, 1.82) is 0 Å². The first-order valence-electron chi connectivity index (χ1n) is 5.47. The Morgan fingerprint density at radius 3 is 2.53 bits per heavy atom. The number of hydrogen-bond donors (Lipinski definition) is 1. The largest absolute Gasteiger partial charge is 0.324 e. The van der Waals surface area contributed by atoms with E-state index in [4.69, 9.17) is 5.73 Å². The van der Waals surface area contributed by atoms with E-state index in [1.165, 1.54) is 19.3 Å². The summed E-state index contributed by atoms with van der Waals surface area (Å²) >= 11 is 1.68. The third-order valence-corrected chi connectivity index (χ3v) is 4.07. The summed E-state index contributed by atoms with van der Waals surface area (Å²) in [6.45, 7) is 0. The van der Waals surface area contributed by atoms with Crippen LogP contribution in [0.4, 0.5) is 0 Å². The summed E-state index contributed by atoms with van der Waals surface area (Å²) in [5, 5.41) is 0.841. The van der Waals surface area contributed by atoms with E-state index in [0.29, 0.717) is 0 Å². The normalized spacial score (nSPS) is 20.1. The van der Waals surface area contributed by atoms with E-state index in [0.717, 1.165) is 23.8 Å². The number of aromatic nitrogens is 2. The molecule has 1 heterocycles. The molecular weight excluding hydrogens is 206 g/mol. The van der Waals surface area contributed by atoms with E-state index in [1.54, 1.807) is 24.2 Å². The van der Waals surface area contributed by atoms with Gasteiger partial charge in [-0.15, -0.1) is 0 Å². The van der Waals surface area contributed by atoms with Gasteiger partial charge in [-0.1, -0.05) is 31.0 Å². The highest BCUT2D eigenvalue weighted by molar-refractivity contribution is 7.99. The zero-order valence-electron chi connectivity index (χ0n) is 8.85. The molecule has 82 valence electrons. The lowest BCUT2D eigenvalue weighted by atomic mass is 9.84. The van der Waals surface area contributed by atoms with Crippen LogP contribution in [-0.4, -0.2) is 21.3 Å². The van der Waals surface area contributed by atoms with E-state index < -0.39 is 0 Å². The lowest BCUT2D eigenvalue weighted by molar-refractivity contribution is 0.328. The van der Waals surface area contributed by atoms with Gasteiger partial charge in [0.1, 0.15) is 0 Å². The molecule has 0 bridgehead atoms. The average molecular weight is 223 g/mol. The van der Waals surface area contributed by atoms with E-state index in [1.807, 2.05) is 6.07 Å². The van der Waals surface area contributed by atoms with Crippen molar-refractivity contribution >= 4 is 11.8 Å². The molecule has 1 saturated carbocycles. The molecule has 15 heavy (non-hydrogen) atoms. The van der Waals surface area contributed by atoms with Crippen molar-refractivity contribution in [1.82, 2.24) is 9.97 Å². The van der Waals surface area contributed by atoms with Crippen molar-refractivity contribution in [3.8, 4) is 0 Å². The van der Waals surface area contributed by atoms with Gasteiger partial charge in [-0.25, -0.2) is 9.97 Å². The minimum Gasteiger partial charge on any atom is -0.324 e. The predicted molar refractivity (Wildman–Crippen MR) is 62.8 cm³/mol. The summed E-state index contributed by atoms with van der Waals surface area (Å²) in [5.74, 6) is 0.941. The monoisotopic (exact) mass is 223 g/mol. The molecule has 0 radical (unpaired) electrons. The molecule has 1 aliphatic rings. The van der Waals surface area contributed by atoms with Gasteiger partial charge in [-0.3, -0.25) is 0 Å². The Morgan fingerprint density at radius 1 is 1.20 bits per heavy atom. The van der Waals surface area contributed by atoms with Gasteiger partial charge in [0.2, 0.25) is 0 Å². The second kappa shape index (κ2) is 4.94. The Morgan fingerprint density at radius 2 is 1.87 bits per heavy atom. The van der Waals surface area contributed by atoms with Gasteiger partial charge >= 0.3 is 0 Å². The topological polar surface area (TPSA) is 51.8 Å². The molecule has 4 heteroatoms. The van der Waals surface area contributed by atoms with Crippen LogP contribution in [0.15, 0.2) is 23.6 Å². The van der Waals surface area contributed by atoms with Crippen molar-refractivity contribution < 1.29 is 0 Å². The van der Waals surface area contributed by atoms with Gasteiger partial charge in [0.25, 0.3) is 0 Å². The average Bonchev–Trinajstić information content (AvgIpc) is 2.29. The van der Waals surface area contributed by atoms with Crippen LogP contribution in [0.3, 0.4) is 0 Å². The van der Waals surface area contributed by atoms with Crippen LogP contribution in [0.5, 0.6) is 0 Å². The fraction of sp³-hybridized carbons (Fsp3) is 0.636. The van der Waals surface area contributed by atoms with Gasteiger partial charge in [0, 0.05) is 23.7 Å². The van der Waals surface area contributed by atoms with Crippen molar-refractivity contribution in [3.05, 3.63) is 18.5 Å². The number of nitrogens with two attached hydrogens (primary N) is 1. The molecule has 0 aromatic carbocycles. The summed E-state index contributed by atoms with van der Waals surface area (Å²) in [6.07, 6.45) is 9.73. The molecule has 1 aliphatic carbocycles. The fourth-order valence-corrected chi connectivity index (χ4v) is 2.94. The zero-order chi connectivity index (χ0) is 10.6. The molecular formula is C11H17N3S. The van der Waals surface area contributed by atoms with Crippen LogP contribution in [-0.2, 0) is 0 Å². The summed E-state index contributed by atoms with van der Waals surface area (Å²) in [4.78, 5) is 8.38. The van der Waals surface area contributed by atoms with Gasteiger partial charge in [-0.05, 0) is 18.9 Å². The molecule has 0 aliphatic heterocycles. The number of thioether (sulfide) groups is 1. The molecule has 1 aromatic heterocycles. The second-order valence-corrected chi connectivity index (χ2v) is 5.19. The molecule has 0 unspecified atom stereocenters. The molecule has 0 spiro atoms. The van der Waals surface area contributed by atoms with Crippen LogP contribution in [0.25, 0.3) is 0 Å². The van der Waals surface area contributed by atoms with Crippen LogP contribution in [0.1, 0.15) is 32.1 Å². The van der Waals surface area contributed by atoms with Gasteiger partial charge in [0.05, 0.1) is 0 Å². The summed E-state index contributed by atoms with van der Waals surface area (Å²) < 4.78 is 0. The zero-order valence-corrected chi connectivity index (χ0v) is 9.67. The molecule has 0 amide bonds. The van der Waals surface area contributed by atoms with Crippen LogP contribution >= 0.6 is 11.8 Å². The highest BCUT2D eigenvalue weighted by Gasteiger charge is 2.27. The third-order valence-electron chi connectivity index (χ3n) is 2.88. The molecule has 3 nitrogen and oxygen atoms in total. The molecule has 1 aromatic rings. The van der Waals surface area contributed by atoms with Crippen LogP contribution in [0.2, 0.25) is 0 Å². The Labute approximate surface area is 94.9 Å². The first kappa shape index (κ1) is 10.9. The summed E-state index contributed by atoms with van der Waals surface area (Å²) in [6, 6.07) is 1.84. The molecule has 0 atom stereocenters. The summed E-state index contributed by atoms with van der Waals surface area (Å²) in [5.41, 5.74) is 6.35. The van der Waals surface area contributed by atoms with Gasteiger partial charge in [-0.2, -0.15) is 0 Å². The molecule has 2 N–H and O–H groups in total. The third kappa shape index (κ3) is 3.18. The lowest BCUT2D eigenvalue weighted by Gasteiger charge is -2.32. The Balaban J connectivity index is 1.87. The number of hydrogen-bond acceptors (Lipinski definition) is 4. The SMILES string of the molecule is NC1(CSc2ncccn2)CCCCC1. The maximum atomic E-state index is 6.33. The van der Waals surface area contributed by atoms with Crippen molar-refractivity contribution in [2.45, 2.75) is 42.8 Å². The van der Waals surface area contributed by atoms with Crippen molar-refractivity contribution in [2.75, 3.05) is 5.75 Å². The second-order valence-electron chi connectivity index (χ2n) is 4.24. The smallest absolute Gasteiger partial charge is 0.187 e. The number of rotatable bonds is 3. The Bertz CT molecular complexity index is 296. The maximum absolute atomic E-state index is 6.33. The number of nitrogens with zero attached hydrogens (tertiary/aromatic N) is 2. The quantitative estimate of drug-likeness (QED) is 0.630. The Kier molecular flexibility index (Phi) is 3.59. The fourth-order valence-electron chi connectivity index (χ4n) is 1.97. The van der Waals surface area contributed by atoms with Crippen molar-refractivity contribution in [2.24, 2.45) is 5.73 Å². The van der Waals surface area contributed by atoms with E-state index in [9.17, 15) is 0 Å². The lowest BCUT2D eigenvalue weighted by Crippen LogP contribution is -2.44. The van der Waals surface area contributed by atoms with Gasteiger partial charge in [0.15, 0.2) is 5.16 Å². The first-order valence-corrected chi connectivity index (χ1v) is 6.46. The van der Waals surface area contributed by atoms with E-state index in [-0.39, 0.29) is 5.54 Å². The van der Waals surface area contributed by atoms with Crippen molar-refractivity contribution in [3.63, 3.8) is 0 Å². The predicted octanol–water partition coefficient (Wildman–Crippen LogP) is 2.23. The molecule has 0 saturated heterocycles. The standard InChI is InChI=1S/C11H17N3S/c12-11(5-2-1-3-6-11)9-15-10-13-7-4-8-14-10/h4,7-8H,1-3,5-6,9,12H2. The van der Waals surface area contributed by atoms with Crippen LogP contribution < -0.4 is 5.73 Å². The summed E-state index contributed by atoms with van der Waals surface area (Å²) in [7, 11) is 0. The Hall–Kier alpha value is -0.610. The highest BCUT2D eigenvalue weighted by Crippen LogP contribution is 2.30. The first-order chi connectivity index (χ1) is 7.29. The molecule has 1 fully saturated rings. The maximum Gasteiger partial charge on any atom is 0.187 e.